The van der Waals surface area contributed by atoms with E-state index in [4.69, 9.17) is 4.74 Å². The lowest BCUT2D eigenvalue weighted by Crippen LogP contribution is -2.48. The smallest absolute Gasteiger partial charge is 0.186 e. The molecule has 0 aromatic heterocycles. The van der Waals surface area contributed by atoms with Crippen molar-refractivity contribution < 1.29 is 19.1 Å². The van der Waals surface area contributed by atoms with Crippen LogP contribution in [0.5, 0.6) is 5.75 Å². The number of benzene rings is 4. The molecule has 1 saturated heterocycles. The van der Waals surface area contributed by atoms with E-state index >= 15 is 0 Å². The second-order valence-corrected chi connectivity index (χ2v) is 10.8. The first-order chi connectivity index (χ1) is 19.5. The van der Waals surface area contributed by atoms with Gasteiger partial charge in [0.25, 0.3) is 0 Å². The van der Waals surface area contributed by atoms with Crippen LogP contribution in [0.3, 0.4) is 0 Å². The van der Waals surface area contributed by atoms with Gasteiger partial charge in [0.05, 0.1) is 13.2 Å². The largest absolute Gasteiger partial charge is 0.497 e. The number of Topliss-reactive ketones (excluding diaryl/α,β-unsaturated/α-hetero) is 3. The SMILES string of the molecule is COc1cccc(C(=O)[C@H]2[C@@H](c3ccc(C)cc3)C3(C(=O)c4ccccc4C3=O)[C@H]3C=Cc4ccccc4N23)c1. The van der Waals surface area contributed by atoms with Crippen molar-refractivity contribution in [2.75, 3.05) is 12.0 Å². The number of fused-ring (bicyclic) bond motifs is 5. The highest BCUT2D eigenvalue weighted by Crippen LogP contribution is 2.61. The molecule has 1 fully saturated rings. The zero-order valence-corrected chi connectivity index (χ0v) is 22.2. The Kier molecular flexibility index (Phi) is 5.39. The Bertz CT molecular complexity index is 1700. The molecule has 3 aliphatic rings. The van der Waals surface area contributed by atoms with Crippen molar-refractivity contribution >= 4 is 29.1 Å². The Labute approximate surface area is 232 Å². The highest BCUT2D eigenvalue weighted by Gasteiger charge is 2.71. The van der Waals surface area contributed by atoms with Crippen molar-refractivity contribution in [2.45, 2.75) is 24.9 Å². The van der Waals surface area contributed by atoms with Gasteiger partial charge in [-0.1, -0.05) is 96.6 Å². The van der Waals surface area contributed by atoms with Gasteiger partial charge in [-0.2, -0.15) is 0 Å². The highest BCUT2D eigenvalue weighted by molar-refractivity contribution is 6.32. The van der Waals surface area contributed by atoms with Gasteiger partial charge in [-0.3, -0.25) is 14.4 Å². The third-order valence-corrected chi connectivity index (χ3v) is 8.77. The molecule has 4 aromatic rings. The molecule has 4 aromatic carbocycles. The fraction of sp³-hybridized carbons (Fsp3) is 0.171. The number of methoxy groups -OCH3 is 1. The summed E-state index contributed by atoms with van der Waals surface area (Å²) >= 11 is 0. The quantitative estimate of drug-likeness (QED) is 0.231. The summed E-state index contributed by atoms with van der Waals surface area (Å²) in [6, 6.07) is 28.4. The van der Waals surface area contributed by atoms with Crippen molar-refractivity contribution in [1.82, 2.24) is 0 Å². The minimum Gasteiger partial charge on any atom is -0.497 e. The first kappa shape index (κ1) is 24.3. The Morgan fingerprint density at radius 3 is 2.20 bits per heavy atom. The maximum Gasteiger partial charge on any atom is 0.186 e. The third-order valence-electron chi connectivity index (χ3n) is 8.77. The van der Waals surface area contributed by atoms with Crippen LogP contribution in [-0.2, 0) is 0 Å². The molecule has 3 atom stereocenters. The number of rotatable bonds is 4. The van der Waals surface area contributed by atoms with Gasteiger partial charge in [0.2, 0.25) is 0 Å². The first-order valence-electron chi connectivity index (χ1n) is 13.5. The maximum absolute atomic E-state index is 14.7. The molecule has 5 nitrogen and oxygen atoms in total. The number of aryl methyl sites for hydroxylation is 1. The zero-order chi connectivity index (χ0) is 27.6. The molecule has 7 rings (SSSR count). The molecule has 0 saturated carbocycles. The van der Waals surface area contributed by atoms with E-state index in [9.17, 15) is 14.4 Å². The number of hydrogen-bond donors (Lipinski definition) is 0. The lowest BCUT2D eigenvalue weighted by molar-refractivity contribution is 0.0666. The molecule has 2 aliphatic heterocycles. The lowest BCUT2D eigenvalue weighted by atomic mass is 9.64. The molecule has 5 heteroatoms. The summed E-state index contributed by atoms with van der Waals surface area (Å²) in [7, 11) is 1.57. The Morgan fingerprint density at radius 2 is 1.50 bits per heavy atom. The van der Waals surface area contributed by atoms with Crippen LogP contribution in [0.25, 0.3) is 6.08 Å². The molecule has 0 N–H and O–H groups in total. The van der Waals surface area contributed by atoms with E-state index in [2.05, 4.69) is 0 Å². The average Bonchev–Trinajstić information content (AvgIpc) is 3.43. The van der Waals surface area contributed by atoms with Gasteiger partial charge in [0.1, 0.15) is 17.2 Å². The average molecular weight is 526 g/mol. The van der Waals surface area contributed by atoms with Crippen LogP contribution in [0.2, 0.25) is 0 Å². The monoisotopic (exact) mass is 525 g/mol. The third kappa shape index (κ3) is 3.18. The molecule has 0 unspecified atom stereocenters. The minimum absolute atomic E-state index is 0.159. The zero-order valence-electron chi connectivity index (χ0n) is 22.2. The van der Waals surface area contributed by atoms with Crippen LogP contribution in [0.1, 0.15) is 53.7 Å². The Balaban J connectivity index is 1.54. The van der Waals surface area contributed by atoms with E-state index in [-0.39, 0.29) is 17.3 Å². The molecule has 1 aliphatic carbocycles. The molecule has 2 heterocycles. The van der Waals surface area contributed by atoms with Crippen LogP contribution in [0, 0.1) is 12.3 Å². The molecule has 196 valence electrons. The van der Waals surface area contributed by atoms with Crippen molar-refractivity contribution in [1.29, 1.82) is 0 Å². The van der Waals surface area contributed by atoms with E-state index in [0.717, 1.165) is 22.4 Å². The predicted molar refractivity (Wildman–Crippen MR) is 154 cm³/mol. The Morgan fingerprint density at radius 1 is 0.825 bits per heavy atom. The summed E-state index contributed by atoms with van der Waals surface area (Å²) in [5, 5.41) is 0. The van der Waals surface area contributed by atoms with Crippen molar-refractivity contribution in [3.63, 3.8) is 0 Å². The second kappa shape index (κ2) is 8.88. The molecule has 0 radical (unpaired) electrons. The van der Waals surface area contributed by atoms with Crippen LogP contribution < -0.4 is 9.64 Å². The summed E-state index contributed by atoms with van der Waals surface area (Å²) in [4.78, 5) is 46.0. The van der Waals surface area contributed by atoms with Gasteiger partial charge in [0, 0.05) is 28.3 Å². The normalized spacial score (nSPS) is 21.8. The van der Waals surface area contributed by atoms with Crippen molar-refractivity contribution in [2.24, 2.45) is 5.41 Å². The summed E-state index contributed by atoms with van der Waals surface area (Å²) in [6.07, 6.45) is 3.93. The number of para-hydroxylation sites is 1. The topological polar surface area (TPSA) is 63.7 Å². The number of ether oxygens (including phenoxy) is 1. The van der Waals surface area contributed by atoms with Crippen LogP contribution in [0.4, 0.5) is 5.69 Å². The van der Waals surface area contributed by atoms with Gasteiger partial charge < -0.3 is 9.64 Å². The molecule has 0 bridgehead atoms. The fourth-order valence-corrected chi connectivity index (χ4v) is 7.01. The van der Waals surface area contributed by atoms with Gasteiger partial charge in [-0.05, 0) is 36.2 Å². The molecule has 0 amide bonds. The van der Waals surface area contributed by atoms with E-state index in [0.29, 0.717) is 22.4 Å². The highest BCUT2D eigenvalue weighted by atomic mass is 16.5. The lowest BCUT2D eigenvalue weighted by Gasteiger charge is -2.37. The van der Waals surface area contributed by atoms with E-state index < -0.39 is 23.4 Å². The summed E-state index contributed by atoms with van der Waals surface area (Å²) in [6.45, 7) is 2.00. The van der Waals surface area contributed by atoms with E-state index in [1.807, 2.05) is 72.5 Å². The van der Waals surface area contributed by atoms with Gasteiger partial charge in [-0.15, -0.1) is 0 Å². The van der Waals surface area contributed by atoms with Crippen LogP contribution in [0.15, 0.2) is 103 Å². The number of nitrogens with zero attached hydrogens (tertiary/aromatic N) is 1. The van der Waals surface area contributed by atoms with Crippen LogP contribution in [-0.4, -0.2) is 36.5 Å². The minimum atomic E-state index is -1.50. The number of carbonyl (C=O) groups is 3. The summed E-state index contributed by atoms with van der Waals surface area (Å²) in [5.74, 6) is -0.758. The summed E-state index contributed by atoms with van der Waals surface area (Å²) < 4.78 is 5.44. The maximum atomic E-state index is 14.7. The standard InChI is InChI=1S/C35H27NO4/c1-21-14-16-23(17-15-21)30-31(32(37)24-9-7-10-25(20-24)40-2)36-28-13-6-3-8-22(28)18-19-29(36)35(30)33(38)26-11-4-5-12-27(26)34(35)39/h3-20,29-31H,1-2H3/t29-,30-,31-/m1/s1. The van der Waals surface area contributed by atoms with Gasteiger partial charge >= 0.3 is 0 Å². The van der Waals surface area contributed by atoms with Crippen LogP contribution >= 0.6 is 0 Å². The predicted octanol–water partition coefficient (Wildman–Crippen LogP) is 6.32. The molecule has 1 spiro atoms. The first-order valence-corrected chi connectivity index (χ1v) is 13.5. The number of ketones is 3. The number of anilines is 1. The van der Waals surface area contributed by atoms with E-state index in [1.54, 1.807) is 55.6 Å². The van der Waals surface area contributed by atoms with Crippen molar-refractivity contribution in [3.8, 4) is 5.75 Å². The van der Waals surface area contributed by atoms with Gasteiger partial charge in [-0.25, -0.2) is 0 Å². The molecular formula is C35H27NO4. The van der Waals surface area contributed by atoms with Crippen molar-refractivity contribution in [3.05, 3.63) is 137 Å². The Hall–Kier alpha value is -4.77. The second-order valence-electron chi connectivity index (χ2n) is 10.8. The molecule has 40 heavy (non-hydrogen) atoms. The fourth-order valence-electron chi connectivity index (χ4n) is 7.01. The van der Waals surface area contributed by atoms with E-state index in [1.165, 1.54) is 0 Å². The number of hydrogen-bond acceptors (Lipinski definition) is 5. The molecular weight excluding hydrogens is 498 g/mol. The summed E-state index contributed by atoms with van der Waals surface area (Å²) in [5.41, 5.74) is 3.45. The number of carbonyl (C=O) groups excluding carboxylic acids is 3. The van der Waals surface area contributed by atoms with Gasteiger partial charge in [0.15, 0.2) is 17.3 Å².